The van der Waals surface area contributed by atoms with Crippen molar-refractivity contribution >= 4 is 45.0 Å². The summed E-state index contributed by atoms with van der Waals surface area (Å²) in [6.45, 7) is -0.650. The Bertz CT molecular complexity index is 1060. The van der Waals surface area contributed by atoms with Crippen molar-refractivity contribution in [3.8, 4) is 0 Å². The first-order valence-electron chi connectivity index (χ1n) is 9.57. The van der Waals surface area contributed by atoms with Gasteiger partial charge in [0.25, 0.3) is 5.91 Å². The third kappa shape index (κ3) is 3.96. The van der Waals surface area contributed by atoms with Crippen molar-refractivity contribution in [1.82, 2.24) is 15.2 Å². The van der Waals surface area contributed by atoms with Crippen LogP contribution in [0.4, 0.5) is 0 Å². The second kappa shape index (κ2) is 8.39. The normalized spacial score (nSPS) is 18.9. The van der Waals surface area contributed by atoms with Gasteiger partial charge in [-0.3, -0.25) is 9.59 Å². The number of aromatic amines is 1. The molecule has 0 radical (unpaired) electrons. The first-order chi connectivity index (χ1) is 14.4. The SMILES string of the molecule is CN(C(=O)[C@@H](O)CO)[C@@H]1c2ccccc2C[C@H]1NC(=O)Cc1cc2cc(Cl)sc2[nH]1. The first kappa shape index (κ1) is 20.9. The van der Waals surface area contributed by atoms with Gasteiger partial charge in [-0.25, -0.2) is 0 Å². The number of nitrogens with one attached hydrogen (secondary N) is 2. The number of hydrogen-bond acceptors (Lipinski definition) is 5. The number of benzene rings is 1. The molecule has 9 heteroatoms. The Morgan fingerprint density at radius 1 is 1.37 bits per heavy atom. The van der Waals surface area contributed by atoms with E-state index in [0.29, 0.717) is 10.8 Å². The number of likely N-dealkylation sites (N-methyl/N-ethyl adjacent to an activating group) is 1. The second-order valence-corrected chi connectivity index (χ2v) is 9.16. The molecule has 158 valence electrons. The van der Waals surface area contributed by atoms with Crippen molar-refractivity contribution in [3.05, 3.63) is 57.6 Å². The third-order valence-electron chi connectivity index (χ3n) is 5.45. The van der Waals surface area contributed by atoms with Crippen LogP contribution < -0.4 is 5.32 Å². The molecule has 0 saturated carbocycles. The number of aliphatic hydroxyl groups excluding tert-OH is 2. The summed E-state index contributed by atoms with van der Waals surface area (Å²) in [6.07, 6.45) is -0.734. The number of amides is 2. The molecular weight excluding hydrogens is 426 g/mol. The van der Waals surface area contributed by atoms with E-state index in [1.165, 1.54) is 16.2 Å². The molecule has 2 heterocycles. The van der Waals surface area contributed by atoms with Gasteiger partial charge >= 0.3 is 0 Å². The Balaban J connectivity index is 1.51. The van der Waals surface area contributed by atoms with E-state index < -0.39 is 24.7 Å². The number of hydrogen-bond donors (Lipinski definition) is 4. The number of carbonyl (C=O) groups is 2. The molecule has 7 nitrogen and oxygen atoms in total. The molecule has 1 aliphatic carbocycles. The smallest absolute Gasteiger partial charge is 0.254 e. The van der Waals surface area contributed by atoms with Gasteiger partial charge in [0.1, 0.15) is 4.83 Å². The van der Waals surface area contributed by atoms with E-state index in [1.807, 2.05) is 36.4 Å². The predicted octanol–water partition coefficient (Wildman–Crippen LogP) is 2.02. The minimum absolute atomic E-state index is 0.165. The summed E-state index contributed by atoms with van der Waals surface area (Å²) in [5.41, 5.74) is 2.76. The van der Waals surface area contributed by atoms with Gasteiger partial charge in [-0.1, -0.05) is 35.9 Å². The van der Waals surface area contributed by atoms with Crippen molar-refractivity contribution in [3.63, 3.8) is 0 Å². The zero-order chi connectivity index (χ0) is 21.4. The monoisotopic (exact) mass is 447 g/mol. The third-order valence-corrected chi connectivity index (χ3v) is 6.64. The van der Waals surface area contributed by atoms with E-state index in [9.17, 15) is 14.7 Å². The number of H-pyrrole nitrogens is 1. The Morgan fingerprint density at radius 2 is 2.13 bits per heavy atom. The van der Waals surface area contributed by atoms with E-state index in [4.69, 9.17) is 16.7 Å². The fourth-order valence-electron chi connectivity index (χ4n) is 4.11. The largest absolute Gasteiger partial charge is 0.393 e. The molecule has 3 atom stereocenters. The zero-order valence-corrected chi connectivity index (χ0v) is 17.8. The zero-order valence-electron chi connectivity index (χ0n) is 16.3. The van der Waals surface area contributed by atoms with Crippen LogP contribution in [0.5, 0.6) is 0 Å². The molecule has 2 amide bonds. The summed E-state index contributed by atoms with van der Waals surface area (Å²) in [5, 5.41) is 23.0. The Labute approximate surface area is 182 Å². The molecular formula is C21H22ClN3O4S. The van der Waals surface area contributed by atoms with Crippen LogP contribution in [0.1, 0.15) is 22.9 Å². The standard InChI is InChI=1S/C21H22ClN3O4S/c1-25(21(29)16(27)10-26)19-14-5-3-2-4-11(14)7-15(19)24-18(28)9-13-6-12-8-17(22)30-20(12)23-13/h2-6,8,15-16,19,23,26-27H,7,9-10H2,1H3,(H,24,28)/t15-,16+,19-/m1/s1. The van der Waals surface area contributed by atoms with Crippen LogP contribution in [-0.2, 0) is 22.4 Å². The van der Waals surface area contributed by atoms with Crippen LogP contribution in [0.2, 0.25) is 4.34 Å². The number of halogens is 1. The lowest BCUT2D eigenvalue weighted by molar-refractivity contribution is -0.144. The molecule has 4 rings (SSSR count). The minimum Gasteiger partial charge on any atom is -0.393 e. The number of aromatic nitrogens is 1. The number of thiophene rings is 1. The van der Waals surface area contributed by atoms with Gasteiger partial charge in [0.15, 0.2) is 6.10 Å². The van der Waals surface area contributed by atoms with Crippen LogP contribution in [-0.4, -0.2) is 57.7 Å². The van der Waals surface area contributed by atoms with E-state index in [2.05, 4.69) is 10.3 Å². The first-order valence-corrected chi connectivity index (χ1v) is 10.8. The van der Waals surface area contributed by atoms with E-state index >= 15 is 0 Å². The van der Waals surface area contributed by atoms with Crippen molar-refractivity contribution in [1.29, 1.82) is 0 Å². The van der Waals surface area contributed by atoms with Crippen molar-refractivity contribution in [2.75, 3.05) is 13.7 Å². The quantitative estimate of drug-likeness (QED) is 0.464. The summed E-state index contributed by atoms with van der Waals surface area (Å²) in [4.78, 5) is 30.8. The summed E-state index contributed by atoms with van der Waals surface area (Å²) in [6, 6.07) is 10.7. The highest BCUT2D eigenvalue weighted by Crippen LogP contribution is 2.36. The molecule has 0 fully saturated rings. The van der Waals surface area contributed by atoms with Crippen molar-refractivity contribution < 1.29 is 19.8 Å². The van der Waals surface area contributed by atoms with Gasteiger partial charge in [0.05, 0.1) is 29.4 Å². The topological polar surface area (TPSA) is 106 Å². The molecule has 1 aliphatic rings. The van der Waals surface area contributed by atoms with E-state index in [-0.39, 0.29) is 18.4 Å². The van der Waals surface area contributed by atoms with Crippen LogP contribution >= 0.6 is 22.9 Å². The Kier molecular flexibility index (Phi) is 5.84. The molecule has 30 heavy (non-hydrogen) atoms. The van der Waals surface area contributed by atoms with Crippen molar-refractivity contribution in [2.24, 2.45) is 0 Å². The van der Waals surface area contributed by atoms with Gasteiger partial charge < -0.3 is 25.4 Å². The van der Waals surface area contributed by atoms with Crippen LogP contribution in [0.25, 0.3) is 10.2 Å². The highest BCUT2D eigenvalue weighted by Gasteiger charge is 2.39. The highest BCUT2D eigenvalue weighted by atomic mass is 35.5. The molecule has 0 spiro atoms. The number of nitrogens with zero attached hydrogens (tertiary/aromatic N) is 1. The van der Waals surface area contributed by atoms with Gasteiger partial charge in [-0.2, -0.15) is 0 Å². The maximum absolute atomic E-state index is 12.8. The molecule has 0 bridgehead atoms. The van der Waals surface area contributed by atoms with Gasteiger partial charge in [0, 0.05) is 18.1 Å². The number of aliphatic hydroxyl groups is 2. The highest BCUT2D eigenvalue weighted by molar-refractivity contribution is 7.22. The number of fused-ring (bicyclic) bond motifs is 2. The van der Waals surface area contributed by atoms with Crippen LogP contribution in [0.15, 0.2) is 36.4 Å². The molecule has 0 unspecified atom stereocenters. The molecule has 4 N–H and O–H groups in total. The van der Waals surface area contributed by atoms with Gasteiger partial charge in [0.2, 0.25) is 5.91 Å². The fourth-order valence-corrected chi connectivity index (χ4v) is 5.25. The second-order valence-electron chi connectivity index (χ2n) is 7.48. The molecule has 3 aromatic rings. The summed E-state index contributed by atoms with van der Waals surface area (Å²) >= 11 is 7.42. The lowest BCUT2D eigenvalue weighted by Crippen LogP contribution is -2.48. The van der Waals surface area contributed by atoms with E-state index in [1.54, 1.807) is 7.05 Å². The molecule has 2 aromatic heterocycles. The molecule has 0 aliphatic heterocycles. The number of carbonyl (C=O) groups excluding carboxylic acids is 2. The number of rotatable bonds is 6. The Morgan fingerprint density at radius 3 is 2.87 bits per heavy atom. The van der Waals surface area contributed by atoms with Crippen molar-refractivity contribution in [2.45, 2.75) is 31.0 Å². The lowest BCUT2D eigenvalue weighted by Gasteiger charge is -2.32. The summed E-state index contributed by atoms with van der Waals surface area (Å²) < 4.78 is 0.691. The average molecular weight is 448 g/mol. The minimum atomic E-state index is -1.49. The maximum Gasteiger partial charge on any atom is 0.254 e. The molecule has 1 aromatic carbocycles. The predicted molar refractivity (Wildman–Crippen MR) is 116 cm³/mol. The van der Waals surface area contributed by atoms with Gasteiger partial charge in [-0.15, -0.1) is 11.3 Å². The Hall–Kier alpha value is -2.39. The maximum atomic E-state index is 12.8. The molecule has 0 saturated heterocycles. The lowest BCUT2D eigenvalue weighted by atomic mass is 10.0. The average Bonchev–Trinajstić information content (AvgIpc) is 3.36. The van der Waals surface area contributed by atoms with E-state index in [0.717, 1.165) is 27.0 Å². The fraction of sp³-hybridized carbons (Fsp3) is 0.333. The summed E-state index contributed by atoms with van der Waals surface area (Å²) in [5.74, 6) is -0.749. The van der Waals surface area contributed by atoms with Crippen LogP contribution in [0.3, 0.4) is 0 Å². The van der Waals surface area contributed by atoms with Gasteiger partial charge in [-0.05, 0) is 29.7 Å². The van der Waals surface area contributed by atoms with Crippen LogP contribution in [0, 0.1) is 0 Å². The summed E-state index contributed by atoms with van der Waals surface area (Å²) in [7, 11) is 1.58.